The molecule has 0 fully saturated rings. The van der Waals surface area contributed by atoms with Crippen LogP contribution in [0.4, 0.5) is 5.82 Å². The van der Waals surface area contributed by atoms with E-state index in [2.05, 4.69) is 26.8 Å². The second-order valence-corrected chi connectivity index (χ2v) is 4.35. The molecule has 0 radical (unpaired) electrons. The van der Waals surface area contributed by atoms with Crippen LogP contribution in [0, 0.1) is 0 Å². The largest absolute Gasteiger partial charge is 0.481 e. The van der Waals surface area contributed by atoms with Crippen molar-refractivity contribution in [1.29, 1.82) is 0 Å². The van der Waals surface area contributed by atoms with Crippen molar-refractivity contribution in [2.75, 3.05) is 11.9 Å². The molecule has 0 aliphatic rings. The van der Waals surface area contributed by atoms with E-state index in [1.54, 1.807) is 18.3 Å². The van der Waals surface area contributed by atoms with Crippen LogP contribution in [0.25, 0.3) is 11.5 Å². The topological polar surface area (TPSA) is 88.0 Å². The average molecular weight is 284 g/mol. The van der Waals surface area contributed by atoms with E-state index in [1.165, 1.54) is 0 Å². The molecule has 0 unspecified atom stereocenters. The normalized spacial score (nSPS) is 10.1. The number of nitrogens with one attached hydrogen (secondary N) is 1. The highest BCUT2D eigenvalue weighted by Gasteiger charge is 2.07. The van der Waals surface area contributed by atoms with Gasteiger partial charge in [0.2, 0.25) is 0 Å². The van der Waals surface area contributed by atoms with Crippen LogP contribution in [0.2, 0.25) is 0 Å². The molecule has 2 rings (SSSR count). The third-order valence-corrected chi connectivity index (χ3v) is 2.67. The van der Waals surface area contributed by atoms with E-state index in [0.29, 0.717) is 30.3 Å². The van der Waals surface area contributed by atoms with E-state index in [0.717, 1.165) is 5.69 Å². The summed E-state index contributed by atoms with van der Waals surface area (Å²) >= 11 is 0. The minimum Gasteiger partial charge on any atom is -0.481 e. The lowest BCUT2D eigenvalue weighted by Gasteiger charge is -2.08. The molecule has 0 spiro atoms. The number of anilines is 1. The van der Waals surface area contributed by atoms with Gasteiger partial charge in [-0.15, -0.1) is 6.58 Å². The maximum absolute atomic E-state index is 10.6. The number of nitrogens with zero attached hydrogens (tertiary/aromatic N) is 3. The zero-order valence-corrected chi connectivity index (χ0v) is 11.5. The van der Waals surface area contributed by atoms with Crippen LogP contribution >= 0.6 is 0 Å². The van der Waals surface area contributed by atoms with Gasteiger partial charge in [-0.1, -0.05) is 12.1 Å². The zero-order valence-electron chi connectivity index (χ0n) is 11.5. The number of aromatic nitrogens is 3. The highest BCUT2D eigenvalue weighted by Crippen LogP contribution is 2.16. The minimum absolute atomic E-state index is 0.0275. The summed E-state index contributed by atoms with van der Waals surface area (Å²) in [4.78, 5) is 23.6. The van der Waals surface area contributed by atoms with Crippen molar-refractivity contribution in [1.82, 2.24) is 15.0 Å². The van der Waals surface area contributed by atoms with Crippen LogP contribution in [0.1, 0.15) is 12.1 Å². The lowest BCUT2D eigenvalue weighted by Crippen LogP contribution is -2.10. The Labute approximate surface area is 122 Å². The van der Waals surface area contributed by atoms with Crippen LogP contribution in [0.5, 0.6) is 0 Å². The summed E-state index contributed by atoms with van der Waals surface area (Å²) in [5.41, 5.74) is 1.48. The number of allylic oxidation sites excluding steroid dienone is 1. The molecule has 0 aromatic carbocycles. The van der Waals surface area contributed by atoms with E-state index < -0.39 is 5.97 Å². The third kappa shape index (κ3) is 4.38. The first-order chi connectivity index (χ1) is 10.2. The van der Waals surface area contributed by atoms with Gasteiger partial charge in [0, 0.05) is 25.2 Å². The predicted octanol–water partition coefficient (Wildman–Crippen LogP) is 2.15. The van der Waals surface area contributed by atoms with Gasteiger partial charge in [0.1, 0.15) is 11.5 Å². The third-order valence-electron chi connectivity index (χ3n) is 2.67. The summed E-state index contributed by atoms with van der Waals surface area (Å²) in [6, 6.07) is 7.30. The number of hydrogen-bond acceptors (Lipinski definition) is 5. The van der Waals surface area contributed by atoms with Crippen LogP contribution < -0.4 is 5.32 Å². The number of carboxylic acids is 1. The van der Waals surface area contributed by atoms with Gasteiger partial charge in [0.05, 0.1) is 12.1 Å². The molecule has 0 amide bonds. The van der Waals surface area contributed by atoms with Crippen molar-refractivity contribution < 1.29 is 9.90 Å². The van der Waals surface area contributed by atoms with Crippen molar-refractivity contribution >= 4 is 11.8 Å². The summed E-state index contributed by atoms with van der Waals surface area (Å²) in [5, 5.41) is 11.7. The van der Waals surface area contributed by atoms with Crippen LogP contribution in [0.3, 0.4) is 0 Å². The molecule has 0 aliphatic carbocycles. The molecule has 0 saturated heterocycles. The highest BCUT2D eigenvalue weighted by atomic mass is 16.4. The van der Waals surface area contributed by atoms with Crippen molar-refractivity contribution in [3.05, 3.63) is 48.8 Å². The van der Waals surface area contributed by atoms with Gasteiger partial charge in [-0.3, -0.25) is 9.78 Å². The molecule has 2 heterocycles. The van der Waals surface area contributed by atoms with Crippen molar-refractivity contribution in [2.24, 2.45) is 0 Å². The second-order valence-electron chi connectivity index (χ2n) is 4.35. The van der Waals surface area contributed by atoms with Gasteiger partial charge in [-0.2, -0.15) is 0 Å². The summed E-state index contributed by atoms with van der Waals surface area (Å²) < 4.78 is 0. The van der Waals surface area contributed by atoms with Gasteiger partial charge in [0.25, 0.3) is 0 Å². The summed E-state index contributed by atoms with van der Waals surface area (Å²) in [7, 11) is 0. The number of aliphatic carboxylic acids is 1. The molecular weight excluding hydrogens is 268 g/mol. The monoisotopic (exact) mass is 284 g/mol. The highest BCUT2D eigenvalue weighted by molar-refractivity contribution is 5.67. The SMILES string of the molecule is C=CCc1cc(NCCC(=O)O)nc(-c2ccccn2)n1. The molecule has 0 bridgehead atoms. The second kappa shape index (κ2) is 7.14. The Morgan fingerprint density at radius 2 is 2.24 bits per heavy atom. The smallest absolute Gasteiger partial charge is 0.305 e. The van der Waals surface area contributed by atoms with Crippen molar-refractivity contribution in [3.8, 4) is 11.5 Å². The molecule has 21 heavy (non-hydrogen) atoms. The van der Waals surface area contributed by atoms with E-state index in [1.807, 2.05) is 18.2 Å². The van der Waals surface area contributed by atoms with Gasteiger partial charge >= 0.3 is 5.97 Å². The fourth-order valence-electron chi connectivity index (χ4n) is 1.75. The molecular formula is C15H16N4O2. The van der Waals surface area contributed by atoms with Crippen molar-refractivity contribution in [3.63, 3.8) is 0 Å². The van der Waals surface area contributed by atoms with E-state index in [-0.39, 0.29) is 6.42 Å². The molecule has 2 N–H and O–H groups in total. The number of carboxylic acid groups (broad SMARTS) is 1. The molecule has 6 nitrogen and oxygen atoms in total. The van der Waals surface area contributed by atoms with Gasteiger partial charge in [-0.25, -0.2) is 9.97 Å². The Balaban J connectivity index is 2.25. The van der Waals surface area contributed by atoms with Crippen molar-refractivity contribution in [2.45, 2.75) is 12.8 Å². The summed E-state index contributed by atoms with van der Waals surface area (Å²) in [5.74, 6) is 0.240. The van der Waals surface area contributed by atoms with Crippen LogP contribution in [0.15, 0.2) is 43.1 Å². The molecule has 2 aromatic rings. The van der Waals surface area contributed by atoms with Gasteiger partial charge in [0.15, 0.2) is 5.82 Å². The Bertz CT molecular complexity index is 629. The number of rotatable bonds is 7. The minimum atomic E-state index is -0.854. The van der Waals surface area contributed by atoms with E-state index >= 15 is 0 Å². The Morgan fingerprint density at radius 3 is 2.90 bits per heavy atom. The number of carbonyl (C=O) groups is 1. The quantitative estimate of drug-likeness (QED) is 0.757. The summed E-state index contributed by atoms with van der Waals surface area (Å²) in [6.07, 6.45) is 4.07. The average Bonchev–Trinajstić information content (AvgIpc) is 2.48. The summed E-state index contributed by atoms with van der Waals surface area (Å²) in [6.45, 7) is 4.01. The fraction of sp³-hybridized carbons (Fsp3) is 0.200. The zero-order chi connectivity index (χ0) is 15.1. The molecule has 6 heteroatoms. The predicted molar refractivity (Wildman–Crippen MR) is 79.9 cm³/mol. The lowest BCUT2D eigenvalue weighted by molar-refractivity contribution is -0.136. The molecule has 0 saturated carbocycles. The van der Waals surface area contributed by atoms with Gasteiger partial charge in [-0.05, 0) is 12.1 Å². The molecule has 0 atom stereocenters. The van der Waals surface area contributed by atoms with Gasteiger partial charge < -0.3 is 10.4 Å². The molecule has 2 aromatic heterocycles. The molecule has 108 valence electrons. The first-order valence-electron chi connectivity index (χ1n) is 6.55. The number of hydrogen-bond donors (Lipinski definition) is 2. The molecule has 0 aliphatic heterocycles. The first-order valence-corrected chi connectivity index (χ1v) is 6.55. The Hall–Kier alpha value is -2.76. The van der Waals surface area contributed by atoms with Crippen LogP contribution in [-0.4, -0.2) is 32.6 Å². The lowest BCUT2D eigenvalue weighted by atomic mass is 10.2. The fourth-order valence-corrected chi connectivity index (χ4v) is 1.75. The Morgan fingerprint density at radius 1 is 1.38 bits per heavy atom. The first kappa shape index (κ1) is 14.6. The maximum Gasteiger partial charge on any atom is 0.305 e. The standard InChI is InChI=1S/C15H16N4O2/c1-2-5-11-10-13(17-9-7-14(20)21)19-15(18-11)12-6-3-4-8-16-12/h2-4,6,8,10H,1,5,7,9H2,(H,20,21)(H,17,18,19). The van der Waals surface area contributed by atoms with E-state index in [4.69, 9.17) is 5.11 Å². The van der Waals surface area contributed by atoms with E-state index in [9.17, 15) is 4.79 Å². The Kier molecular flexibility index (Phi) is 4.98. The van der Waals surface area contributed by atoms with Crippen LogP contribution in [-0.2, 0) is 11.2 Å². The maximum atomic E-state index is 10.6. The number of pyridine rings is 1.